The van der Waals surface area contributed by atoms with Gasteiger partial charge in [0.2, 0.25) is 5.16 Å². The highest BCUT2D eigenvalue weighted by Crippen LogP contribution is 2.23. The lowest BCUT2D eigenvalue weighted by Crippen LogP contribution is -2.03. The molecular formula is C16H16N4O2S2. The SMILES string of the molecule is CCc1ccc(C(=O)CSc2nnnn2-c2ccc(OC)cc2)s1. The van der Waals surface area contributed by atoms with Crippen molar-refractivity contribution in [3.63, 3.8) is 0 Å². The zero-order valence-electron chi connectivity index (χ0n) is 13.3. The number of aromatic nitrogens is 4. The van der Waals surface area contributed by atoms with Crippen molar-refractivity contribution < 1.29 is 9.53 Å². The molecule has 0 saturated carbocycles. The fourth-order valence-corrected chi connectivity index (χ4v) is 3.82. The number of ether oxygens (including phenoxy) is 1. The Balaban J connectivity index is 1.70. The molecule has 0 fully saturated rings. The summed E-state index contributed by atoms with van der Waals surface area (Å²) in [5.74, 6) is 1.16. The second kappa shape index (κ2) is 7.59. The molecule has 0 N–H and O–H groups in total. The number of hydrogen-bond donors (Lipinski definition) is 0. The van der Waals surface area contributed by atoms with Crippen molar-refractivity contribution in [2.75, 3.05) is 12.9 Å². The van der Waals surface area contributed by atoms with Gasteiger partial charge in [-0.15, -0.1) is 16.4 Å². The van der Waals surface area contributed by atoms with E-state index >= 15 is 0 Å². The van der Waals surface area contributed by atoms with Crippen molar-refractivity contribution in [2.24, 2.45) is 0 Å². The van der Waals surface area contributed by atoms with Crippen LogP contribution in [0.5, 0.6) is 5.75 Å². The Labute approximate surface area is 147 Å². The van der Waals surface area contributed by atoms with Crippen LogP contribution in [0.15, 0.2) is 41.6 Å². The quantitative estimate of drug-likeness (QED) is 0.476. The van der Waals surface area contributed by atoms with Gasteiger partial charge in [-0.25, -0.2) is 0 Å². The highest BCUT2D eigenvalue weighted by molar-refractivity contribution is 7.99. The third-order valence-electron chi connectivity index (χ3n) is 3.38. The van der Waals surface area contributed by atoms with Crippen LogP contribution >= 0.6 is 23.1 Å². The summed E-state index contributed by atoms with van der Waals surface area (Å²) in [4.78, 5) is 14.3. The fourth-order valence-electron chi connectivity index (χ4n) is 2.07. The maximum Gasteiger partial charge on any atom is 0.214 e. The second-order valence-electron chi connectivity index (χ2n) is 4.90. The minimum absolute atomic E-state index is 0.0916. The van der Waals surface area contributed by atoms with Crippen LogP contribution in [-0.2, 0) is 6.42 Å². The maximum absolute atomic E-state index is 12.3. The Kier molecular flexibility index (Phi) is 5.27. The van der Waals surface area contributed by atoms with Crippen LogP contribution in [0.1, 0.15) is 21.5 Å². The van der Waals surface area contributed by atoms with Crippen molar-refractivity contribution in [2.45, 2.75) is 18.5 Å². The number of methoxy groups -OCH3 is 1. The third kappa shape index (κ3) is 3.65. The average Bonchev–Trinajstić information content (AvgIpc) is 3.29. The zero-order chi connectivity index (χ0) is 16.9. The molecule has 0 unspecified atom stereocenters. The van der Waals surface area contributed by atoms with E-state index in [-0.39, 0.29) is 5.78 Å². The normalized spacial score (nSPS) is 10.8. The van der Waals surface area contributed by atoms with E-state index in [1.165, 1.54) is 16.6 Å². The summed E-state index contributed by atoms with van der Waals surface area (Å²) in [6.45, 7) is 2.08. The summed E-state index contributed by atoms with van der Waals surface area (Å²) in [5.41, 5.74) is 0.820. The first kappa shape index (κ1) is 16.7. The Morgan fingerprint density at radius 2 is 2.04 bits per heavy atom. The van der Waals surface area contributed by atoms with E-state index in [9.17, 15) is 4.79 Å². The molecule has 124 valence electrons. The number of thioether (sulfide) groups is 1. The standard InChI is InChI=1S/C16H16N4O2S2/c1-3-13-8-9-15(24-13)14(21)10-23-16-17-18-19-20(16)11-4-6-12(22-2)7-5-11/h4-9H,3,10H2,1-2H3. The monoisotopic (exact) mass is 360 g/mol. The molecule has 0 amide bonds. The Hall–Kier alpha value is -2.19. The van der Waals surface area contributed by atoms with Gasteiger partial charge in [-0.1, -0.05) is 18.7 Å². The van der Waals surface area contributed by atoms with Crippen LogP contribution in [0.25, 0.3) is 5.69 Å². The highest BCUT2D eigenvalue weighted by atomic mass is 32.2. The van der Waals surface area contributed by atoms with Gasteiger partial charge in [0.1, 0.15) is 5.75 Å². The van der Waals surface area contributed by atoms with E-state index in [1.807, 2.05) is 36.4 Å². The number of rotatable bonds is 7. The molecule has 0 radical (unpaired) electrons. The van der Waals surface area contributed by atoms with Gasteiger partial charge in [0, 0.05) is 4.88 Å². The number of aryl methyl sites for hydroxylation is 1. The summed E-state index contributed by atoms with van der Waals surface area (Å²) in [7, 11) is 1.62. The number of benzene rings is 1. The van der Waals surface area contributed by atoms with Gasteiger partial charge in [0.25, 0.3) is 0 Å². The number of ketones is 1. The molecular weight excluding hydrogens is 344 g/mol. The second-order valence-corrected chi connectivity index (χ2v) is 7.01. The minimum Gasteiger partial charge on any atom is -0.497 e. The molecule has 0 aliphatic heterocycles. The lowest BCUT2D eigenvalue weighted by Gasteiger charge is -2.05. The summed E-state index contributed by atoms with van der Waals surface area (Å²) in [6.07, 6.45) is 0.945. The van der Waals surface area contributed by atoms with Crippen molar-refractivity contribution in [1.82, 2.24) is 20.2 Å². The predicted octanol–water partition coefficient (Wildman–Crippen LogP) is 3.27. The third-order valence-corrected chi connectivity index (χ3v) is 5.57. The molecule has 8 heteroatoms. The molecule has 1 aromatic carbocycles. The Morgan fingerprint density at radius 1 is 1.25 bits per heavy atom. The number of thiophene rings is 1. The van der Waals surface area contributed by atoms with Gasteiger partial charge in [0.15, 0.2) is 5.78 Å². The van der Waals surface area contributed by atoms with E-state index in [4.69, 9.17) is 4.74 Å². The average molecular weight is 360 g/mol. The first-order valence-electron chi connectivity index (χ1n) is 7.38. The van der Waals surface area contributed by atoms with E-state index in [0.717, 1.165) is 22.7 Å². The van der Waals surface area contributed by atoms with Crippen LogP contribution < -0.4 is 4.74 Å². The van der Waals surface area contributed by atoms with Crippen LogP contribution in [0.2, 0.25) is 0 Å². The number of carbonyl (C=O) groups excluding carboxylic acids is 1. The van der Waals surface area contributed by atoms with Crippen molar-refractivity contribution in [3.05, 3.63) is 46.2 Å². The molecule has 0 aliphatic carbocycles. The number of Topliss-reactive ketones (excluding diaryl/α,β-unsaturated/α-hetero) is 1. The van der Waals surface area contributed by atoms with Crippen LogP contribution in [0, 0.1) is 0 Å². The van der Waals surface area contributed by atoms with Crippen molar-refractivity contribution in [1.29, 1.82) is 0 Å². The lowest BCUT2D eigenvalue weighted by molar-refractivity contribution is 0.102. The Bertz CT molecular complexity index is 827. The molecule has 3 rings (SSSR count). The largest absolute Gasteiger partial charge is 0.497 e. The smallest absolute Gasteiger partial charge is 0.214 e. The summed E-state index contributed by atoms with van der Waals surface area (Å²) in [6, 6.07) is 11.3. The van der Waals surface area contributed by atoms with Gasteiger partial charge in [0.05, 0.1) is 23.4 Å². The van der Waals surface area contributed by atoms with E-state index in [0.29, 0.717) is 10.9 Å². The first-order valence-corrected chi connectivity index (χ1v) is 9.19. The number of hydrogen-bond acceptors (Lipinski definition) is 7. The van der Waals surface area contributed by atoms with Crippen LogP contribution in [-0.4, -0.2) is 38.9 Å². The molecule has 2 heterocycles. The minimum atomic E-state index is 0.0916. The summed E-state index contributed by atoms with van der Waals surface area (Å²) >= 11 is 2.88. The molecule has 2 aromatic heterocycles. The van der Waals surface area contributed by atoms with Crippen LogP contribution in [0.3, 0.4) is 0 Å². The molecule has 6 nitrogen and oxygen atoms in total. The highest BCUT2D eigenvalue weighted by Gasteiger charge is 2.14. The molecule has 24 heavy (non-hydrogen) atoms. The fraction of sp³-hybridized carbons (Fsp3) is 0.250. The topological polar surface area (TPSA) is 69.9 Å². The molecule has 0 saturated heterocycles. The molecule has 3 aromatic rings. The molecule has 0 spiro atoms. The van der Waals surface area contributed by atoms with Gasteiger partial charge in [-0.3, -0.25) is 4.79 Å². The summed E-state index contributed by atoms with van der Waals surface area (Å²) < 4.78 is 6.76. The van der Waals surface area contributed by atoms with Gasteiger partial charge < -0.3 is 4.74 Å². The zero-order valence-corrected chi connectivity index (χ0v) is 14.9. The van der Waals surface area contributed by atoms with Gasteiger partial charge in [-0.2, -0.15) is 4.68 Å². The van der Waals surface area contributed by atoms with Crippen molar-refractivity contribution in [3.8, 4) is 11.4 Å². The first-order chi connectivity index (χ1) is 11.7. The predicted molar refractivity (Wildman–Crippen MR) is 94.5 cm³/mol. The maximum atomic E-state index is 12.3. The molecule has 0 atom stereocenters. The van der Waals surface area contributed by atoms with E-state index < -0.39 is 0 Å². The molecule has 0 aliphatic rings. The lowest BCUT2D eigenvalue weighted by atomic mass is 10.3. The summed E-state index contributed by atoms with van der Waals surface area (Å²) in [5, 5.41) is 12.3. The number of carbonyl (C=O) groups is 1. The van der Waals surface area contributed by atoms with Crippen molar-refractivity contribution >= 4 is 28.9 Å². The van der Waals surface area contributed by atoms with Gasteiger partial charge in [-0.05, 0) is 53.2 Å². The Morgan fingerprint density at radius 3 is 2.71 bits per heavy atom. The number of tetrazole rings is 1. The van der Waals surface area contributed by atoms with E-state index in [2.05, 4.69) is 22.4 Å². The number of nitrogens with zero attached hydrogens (tertiary/aromatic N) is 4. The molecule has 0 bridgehead atoms. The van der Waals surface area contributed by atoms with Crippen LogP contribution in [0.4, 0.5) is 0 Å². The van der Waals surface area contributed by atoms with Gasteiger partial charge >= 0.3 is 0 Å². The van der Waals surface area contributed by atoms with E-state index in [1.54, 1.807) is 23.1 Å².